The van der Waals surface area contributed by atoms with Gasteiger partial charge in [0.25, 0.3) is 0 Å². The third-order valence-corrected chi connectivity index (χ3v) is 23.7. The molecule has 1 aliphatic heterocycles. The molecule has 1 aromatic heterocycles. The van der Waals surface area contributed by atoms with Gasteiger partial charge in [0.1, 0.15) is 77.0 Å². The van der Waals surface area contributed by atoms with E-state index in [0.29, 0.717) is 27.6 Å². The van der Waals surface area contributed by atoms with Gasteiger partial charge in [-0.15, -0.1) is 0 Å². The SMILES string of the molecule is CC(=O)N[C@@H](CC(C)C)C(=O)N[C@H](C(=O)N[C@@H](Cc1ccccc1)C(=O)N[C@]1(C)CCCCC#CC#CCCCC[C@@](C)(C(=O)NC(C)C(=O)N[C@@H](C)C(=O)NC(C)C(=O)N[C@@H](C)C(=O)C(=O)[C@H](C)NC[C@H](C)C(C)=O)NC(=O)[C@H](CC(C)C)CN[C@@H](CCC(N)=O)C(=O)C(=O)C(C)NC(=O)[C@H](Cc2c[nH]c3ccccc23)NC(=O)C(Cc2ccc(O)cc2)NC(=O)[C@H](CCC(=O)O)NC1=O)[C@@H](C)O. The lowest BCUT2D eigenvalue weighted by atomic mass is 9.89. The predicted molar refractivity (Wildman–Crippen MR) is 513 cm³/mol. The summed E-state index contributed by atoms with van der Waals surface area (Å²) in [6.45, 7) is 22.8. The number of carboxylic acids is 1. The van der Waals surface area contributed by atoms with Crippen LogP contribution in [0.3, 0.4) is 0 Å². The molecule has 4 aromatic rings. The smallest absolute Gasteiger partial charge is 0.303 e. The molecule has 40 heteroatoms. The van der Waals surface area contributed by atoms with E-state index in [0.717, 1.165) is 0 Å². The lowest BCUT2D eigenvalue weighted by molar-refractivity contribution is -0.140. The van der Waals surface area contributed by atoms with Crippen LogP contribution in [0.25, 0.3) is 10.9 Å². The second kappa shape index (κ2) is 56.3. The van der Waals surface area contributed by atoms with E-state index in [4.69, 9.17) is 5.73 Å². The van der Waals surface area contributed by atoms with Crippen molar-refractivity contribution in [2.24, 2.45) is 29.4 Å². The molecule has 18 atom stereocenters. The number of ketones is 5. The number of carbonyl (C=O) groups is 20. The standard InChI is InChI=1S/C99H139N17O23/c1-54(2)46-69-53-103-73(40-42-79(100)121)85(127)84(126)59(8)105-91(133)78(50-68-52-102-72-35-29-28-34-71(68)72)111-92(134)76(49-67-36-38-70(120)39-37-67)110-90(132)74(41-43-80(122)123)113-97(139)99(16,116-94(136)77(48-66-32-26-25-27-33-66)112-95(137)81(64(13)118)114-93(135)75(47-55(3)4)109-65(14)119)45-31-24-22-20-18-17-19-21-23-30-44-98(15,115-89(69)131)96(138)108-62(11)88(130)107-61(10)87(129)106-60(9)86(128)104-58(7)83(125)82(124)57(6)101-51-56(5)63(12)117/h25-29,32-39,52,54-62,64,69,73-78,81,101-103,118,120H,21-24,30-31,40-51,53H2,1-16H3,(H2,100,121)(H,104,128)(H,105,133)(H,106,129)(H,107,130)(H,108,138)(H,109,119)(H,110,132)(H,111,134)(H,112,137)(H,113,139)(H,114,135)(H,115,131)(H,116,136)(H,122,123)/t56-,57-,58-,59?,60?,61-,62?,64+,69+,73-,74-,75-,76?,77-,78-,81-,98-,99+/m0/s1. The Bertz CT molecular complexity index is 5170. The highest BCUT2D eigenvalue weighted by molar-refractivity contribution is 6.41. The number of aromatic amines is 1. The fourth-order valence-corrected chi connectivity index (χ4v) is 15.1. The quantitative estimate of drug-likeness (QED) is 0.0218. The molecule has 2 heterocycles. The zero-order valence-electron chi connectivity index (χ0n) is 82.0. The Balaban J connectivity index is 1.60. The molecule has 0 aliphatic carbocycles. The number of nitrogens with two attached hydrogens (primary N) is 1. The van der Waals surface area contributed by atoms with Gasteiger partial charge in [-0.1, -0.05) is 107 Å². The molecule has 0 spiro atoms. The van der Waals surface area contributed by atoms with Crippen molar-refractivity contribution in [3.8, 4) is 29.4 Å². The summed E-state index contributed by atoms with van der Waals surface area (Å²) < 4.78 is 0. The average Bonchev–Trinajstić information content (AvgIpc) is 1.79. The van der Waals surface area contributed by atoms with Crippen LogP contribution < -0.4 is 85.5 Å². The van der Waals surface area contributed by atoms with E-state index in [1.54, 1.807) is 95.4 Å². The van der Waals surface area contributed by atoms with Crippen LogP contribution in [-0.2, 0) is 115 Å². The minimum Gasteiger partial charge on any atom is -0.508 e. The van der Waals surface area contributed by atoms with Crippen molar-refractivity contribution in [2.75, 3.05) is 13.1 Å². The number of carbonyl (C=O) groups excluding carboxylic acids is 19. The summed E-state index contributed by atoms with van der Waals surface area (Å²) in [7, 11) is 0. The fraction of sp³-hybridized carbons (Fsp3) is 0.556. The first-order valence-corrected chi connectivity index (χ1v) is 46.9. The van der Waals surface area contributed by atoms with Gasteiger partial charge in [0.05, 0.1) is 36.2 Å². The molecule has 21 N–H and O–H groups in total. The molecule has 4 unspecified atom stereocenters. The van der Waals surface area contributed by atoms with Gasteiger partial charge in [-0.05, 0) is 192 Å². The second-order valence-corrected chi connectivity index (χ2v) is 37.0. The number of phenolic OH excluding ortho intramolecular Hbond substituents is 1. The van der Waals surface area contributed by atoms with E-state index >= 15 is 28.8 Å². The van der Waals surface area contributed by atoms with Crippen LogP contribution >= 0.6 is 0 Å². The van der Waals surface area contributed by atoms with E-state index in [-0.39, 0.29) is 114 Å². The number of aromatic nitrogens is 1. The Morgan fingerprint density at radius 3 is 1.65 bits per heavy atom. The number of amides is 14. The van der Waals surface area contributed by atoms with Crippen molar-refractivity contribution in [3.05, 3.63) is 102 Å². The van der Waals surface area contributed by atoms with Gasteiger partial charge in [-0.25, -0.2) is 0 Å². The lowest BCUT2D eigenvalue weighted by Crippen LogP contribution is -2.65. The molecular weight excluding hydrogens is 1800 g/mol. The number of hydrogen-bond donors (Lipinski definition) is 20. The highest BCUT2D eigenvalue weighted by atomic mass is 16.4. The van der Waals surface area contributed by atoms with Crippen molar-refractivity contribution in [2.45, 2.75) is 316 Å². The summed E-state index contributed by atoms with van der Waals surface area (Å²) in [5.41, 5.74) is 3.43. The monoisotopic (exact) mass is 1930 g/mol. The van der Waals surface area contributed by atoms with E-state index in [1.165, 1.54) is 100 Å². The molecular formula is C99H139N17O23. The summed E-state index contributed by atoms with van der Waals surface area (Å²) in [6.07, 6.45) is -2.61. The van der Waals surface area contributed by atoms with Crippen molar-refractivity contribution < 1.29 is 111 Å². The normalized spacial score (nSPS) is 21.5. The van der Waals surface area contributed by atoms with Crippen LogP contribution in [0.1, 0.15) is 217 Å². The molecule has 0 radical (unpaired) electrons. The number of aromatic hydroxyl groups is 1. The maximum atomic E-state index is 15.5. The summed E-state index contributed by atoms with van der Waals surface area (Å²) in [5, 5.41) is 71.8. The number of carboxylic acid groups (broad SMARTS) is 1. The highest BCUT2D eigenvalue weighted by Crippen LogP contribution is 2.25. The maximum Gasteiger partial charge on any atom is 0.303 e. The lowest BCUT2D eigenvalue weighted by Gasteiger charge is -2.34. The fourth-order valence-electron chi connectivity index (χ4n) is 15.1. The zero-order chi connectivity index (χ0) is 104. The number of aliphatic hydroxyl groups is 1. The molecule has 40 nitrogen and oxygen atoms in total. The molecule has 758 valence electrons. The minimum absolute atomic E-state index is 0.0693. The number of nitrogens with one attached hydrogen (secondary N) is 16. The Morgan fingerprint density at radius 2 is 1.08 bits per heavy atom. The summed E-state index contributed by atoms with van der Waals surface area (Å²) in [4.78, 5) is 283. The van der Waals surface area contributed by atoms with Crippen molar-refractivity contribution in [3.63, 3.8) is 0 Å². The predicted octanol–water partition coefficient (Wildman–Crippen LogP) is 0.902. The number of primary amides is 1. The van der Waals surface area contributed by atoms with Crippen LogP contribution in [0, 0.1) is 47.4 Å². The van der Waals surface area contributed by atoms with Crippen molar-refractivity contribution in [1.82, 2.24) is 84.7 Å². The Hall–Kier alpha value is -13.6. The van der Waals surface area contributed by atoms with Crippen LogP contribution in [0.5, 0.6) is 5.75 Å². The number of benzene rings is 3. The van der Waals surface area contributed by atoms with Gasteiger partial charge in [0, 0.05) is 88.0 Å². The summed E-state index contributed by atoms with van der Waals surface area (Å²) in [5.74, 6) is -9.55. The minimum atomic E-state index is -2.13. The number of phenols is 1. The number of aliphatic hydroxyl groups excluding tert-OH is 1. The second-order valence-electron chi connectivity index (χ2n) is 37.0. The van der Waals surface area contributed by atoms with Crippen LogP contribution in [0.2, 0.25) is 0 Å². The van der Waals surface area contributed by atoms with Gasteiger partial charge >= 0.3 is 5.97 Å². The Labute approximate surface area is 809 Å². The van der Waals surface area contributed by atoms with E-state index in [1.807, 2.05) is 0 Å². The van der Waals surface area contributed by atoms with Gasteiger partial charge in [0.2, 0.25) is 106 Å². The zero-order valence-corrected chi connectivity index (χ0v) is 82.0. The van der Waals surface area contributed by atoms with Crippen molar-refractivity contribution in [1.29, 1.82) is 0 Å². The Morgan fingerprint density at radius 1 is 0.532 bits per heavy atom. The number of para-hydroxylation sites is 1. The molecule has 1 aliphatic rings. The number of rotatable bonds is 39. The van der Waals surface area contributed by atoms with E-state index < -0.39 is 251 Å². The Kier molecular flexibility index (Phi) is 47.0. The highest BCUT2D eigenvalue weighted by Gasteiger charge is 2.44. The number of Topliss-reactive ketones (excluding diaryl/α,β-unsaturated/α-hetero) is 5. The van der Waals surface area contributed by atoms with Crippen LogP contribution in [0.4, 0.5) is 0 Å². The first-order chi connectivity index (χ1) is 65.3. The molecule has 139 heavy (non-hydrogen) atoms. The van der Waals surface area contributed by atoms with Crippen molar-refractivity contribution >= 4 is 128 Å². The van der Waals surface area contributed by atoms with Gasteiger partial charge in [0.15, 0.2) is 0 Å². The molecule has 0 saturated heterocycles. The molecule has 3 aromatic carbocycles. The van der Waals surface area contributed by atoms with E-state index in [2.05, 4.69) is 108 Å². The van der Waals surface area contributed by atoms with Gasteiger partial charge < -0.3 is 106 Å². The first kappa shape index (κ1) is 116. The largest absolute Gasteiger partial charge is 0.508 e. The maximum absolute atomic E-state index is 15.5. The molecule has 5 rings (SSSR count). The van der Waals surface area contributed by atoms with E-state index in [9.17, 15) is 82.4 Å². The number of fused-ring (bicyclic) bond motifs is 1. The van der Waals surface area contributed by atoms with Crippen LogP contribution in [-0.4, -0.2) is 247 Å². The third kappa shape index (κ3) is 38.7. The number of hydrogen-bond acceptors (Lipinski definition) is 24. The van der Waals surface area contributed by atoms with Crippen LogP contribution in [0.15, 0.2) is 85.1 Å². The first-order valence-electron chi connectivity index (χ1n) is 46.9. The third-order valence-electron chi connectivity index (χ3n) is 23.7. The van der Waals surface area contributed by atoms with Gasteiger partial charge in [-0.3, -0.25) is 95.9 Å². The number of aliphatic carboxylic acids is 1. The van der Waals surface area contributed by atoms with Gasteiger partial charge in [-0.2, -0.15) is 0 Å². The molecule has 14 amide bonds. The molecule has 0 bridgehead atoms. The molecule has 0 fully saturated rings. The molecule has 0 saturated carbocycles. The summed E-state index contributed by atoms with van der Waals surface area (Å²) in [6, 6.07) is 0.973. The average molecular weight is 1940 g/mol. The summed E-state index contributed by atoms with van der Waals surface area (Å²) >= 11 is 0. The number of H-pyrrole nitrogens is 1. The topological polar surface area (TPSA) is 624 Å².